The van der Waals surface area contributed by atoms with E-state index in [9.17, 15) is 0 Å². The fourth-order valence-electron chi connectivity index (χ4n) is 3.86. The van der Waals surface area contributed by atoms with Crippen LogP contribution in [-0.2, 0) is 6.42 Å². The van der Waals surface area contributed by atoms with Crippen molar-refractivity contribution in [3.05, 3.63) is 47.3 Å². The van der Waals surface area contributed by atoms with Gasteiger partial charge in [-0.3, -0.25) is 5.10 Å². The Hall–Kier alpha value is -1.81. The molecule has 4 nitrogen and oxygen atoms in total. The average molecular weight is 311 g/mol. The van der Waals surface area contributed by atoms with Crippen LogP contribution in [-0.4, -0.2) is 22.3 Å². The van der Waals surface area contributed by atoms with Crippen LogP contribution in [0.2, 0.25) is 0 Å². The van der Waals surface area contributed by atoms with Crippen LogP contribution in [0.1, 0.15) is 55.0 Å². The summed E-state index contributed by atoms with van der Waals surface area (Å²) in [6.07, 6.45) is 8.96. The smallest absolute Gasteiger partial charge is 0.124 e. The van der Waals surface area contributed by atoms with Crippen LogP contribution < -0.4 is 10.1 Å². The number of H-pyrrole nitrogens is 1. The van der Waals surface area contributed by atoms with Crippen LogP contribution in [0.4, 0.5) is 0 Å². The molecule has 0 unspecified atom stereocenters. The fraction of sp³-hybridized carbons (Fsp3) is 0.526. The lowest BCUT2D eigenvalue weighted by Gasteiger charge is -2.48. The van der Waals surface area contributed by atoms with Gasteiger partial charge in [0.2, 0.25) is 0 Å². The van der Waals surface area contributed by atoms with Crippen molar-refractivity contribution in [3.8, 4) is 5.75 Å². The van der Waals surface area contributed by atoms with E-state index in [-0.39, 0.29) is 5.60 Å². The number of aromatic nitrogens is 2. The Morgan fingerprint density at radius 3 is 2.96 bits per heavy atom. The highest BCUT2D eigenvalue weighted by Gasteiger charge is 2.45. The molecule has 1 fully saturated rings. The molecule has 1 spiro atoms. The van der Waals surface area contributed by atoms with E-state index >= 15 is 0 Å². The molecule has 0 bridgehead atoms. The third kappa shape index (κ3) is 2.88. The SMILES string of the molecule is Cc1[nH]ncc1CCCN[C@H]1CC2(CCC2)Oc2ccccc21. The van der Waals surface area contributed by atoms with Gasteiger partial charge in [0.25, 0.3) is 0 Å². The Bertz CT molecular complexity index is 675. The normalized spacial score (nSPS) is 21.5. The second-order valence-corrected chi connectivity index (χ2v) is 7.01. The first-order valence-electron chi connectivity index (χ1n) is 8.76. The molecular weight excluding hydrogens is 286 g/mol. The van der Waals surface area contributed by atoms with E-state index in [0.29, 0.717) is 6.04 Å². The summed E-state index contributed by atoms with van der Waals surface area (Å²) >= 11 is 0. The highest BCUT2D eigenvalue weighted by molar-refractivity contribution is 5.39. The number of fused-ring (bicyclic) bond motifs is 1. The van der Waals surface area contributed by atoms with E-state index in [4.69, 9.17) is 4.74 Å². The van der Waals surface area contributed by atoms with Gasteiger partial charge in [-0.2, -0.15) is 5.10 Å². The van der Waals surface area contributed by atoms with Crippen LogP contribution >= 0.6 is 0 Å². The summed E-state index contributed by atoms with van der Waals surface area (Å²) in [6.45, 7) is 3.12. The molecule has 1 atom stereocenters. The van der Waals surface area contributed by atoms with Crippen molar-refractivity contribution in [1.29, 1.82) is 0 Å². The molecule has 1 aromatic heterocycles. The summed E-state index contributed by atoms with van der Waals surface area (Å²) in [6, 6.07) is 8.95. The lowest BCUT2D eigenvalue weighted by Crippen LogP contribution is -2.49. The number of ether oxygens (including phenoxy) is 1. The zero-order valence-electron chi connectivity index (χ0n) is 13.8. The largest absolute Gasteiger partial charge is 0.487 e. The lowest BCUT2D eigenvalue weighted by atomic mass is 9.73. The number of rotatable bonds is 5. The topological polar surface area (TPSA) is 49.9 Å². The van der Waals surface area contributed by atoms with Gasteiger partial charge >= 0.3 is 0 Å². The van der Waals surface area contributed by atoms with Crippen molar-refractivity contribution >= 4 is 0 Å². The molecule has 4 heteroatoms. The predicted octanol–water partition coefficient (Wildman–Crippen LogP) is 3.69. The van der Waals surface area contributed by atoms with E-state index in [1.54, 1.807) is 0 Å². The van der Waals surface area contributed by atoms with Gasteiger partial charge in [-0.1, -0.05) is 18.2 Å². The van der Waals surface area contributed by atoms with Crippen LogP contribution in [0.5, 0.6) is 5.75 Å². The van der Waals surface area contributed by atoms with Gasteiger partial charge in [-0.05, 0) is 57.2 Å². The minimum atomic E-state index is 0.104. The molecule has 0 saturated heterocycles. The Morgan fingerprint density at radius 1 is 1.35 bits per heavy atom. The third-order valence-electron chi connectivity index (χ3n) is 5.41. The Morgan fingerprint density at radius 2 is 2.22 bits per heavy atom. The van der Waals surface area contributed by atoms with Crippen LogP contribution in [0.15, 0.2) is 30.5 Å². The Labute approximate surface area is 137 Å². The van der Waals surface area contributed by atoms with E-state index in [1.165, 1.54) is 36.1 Å². The molecule has 1 aliphatic heterocycles. The number of aryl methyl sites for hydroxylation is 2. The minimum Gasteiger partial charge on any atom is -0.487 e. The second-order valence-electron chi connectivity index (χ2n) is 7.01. The number of hydrogen-bond donors (Lipinski definition) is 2. The van der Waals surface area contributed by atoms with Gasteiger partial charge in [0, 0.05) is 23.7 Å². The molecule has 0 radical (unpaired) electrons. The Balaban J connectivity index is 1.39. The standard InChI is InChI=1S/C19H25N3O/c1-14-15(13-21-22-14)6-4-11-20-17-12-19(9-5-10-19)23-18-8-3-2-7-16(17)18/h2-3,7-8,13,17,20H,4-6,9-12H2,1H3,(H,21,22)/t17-/m0/s1. The number of nitrogens with zero attached hydrogens (tertiary/aromatic N) is 1. The quantitative estimate of drug-likeness (QED) is 0.828. The number of benzene rings is 1. The molecule has 4 rings (SSSR count). The Kier molecular flexibility index (Phi) is 3.85. The molecule has 23 heavy (non-hydrogen) atoms. The molecule has 2 aromatic rings. The van der Waals surface area contributed by atoms with Crippen molar-refractivity contribution in [3.63, 3.8) is 0 Å². The molecule has 2 N–H and O–H groups in total. The maximum Gasteiger partial charge on any atom is 0.124 e. The van der Waals surface area contributed by atoms with E-state index in [1.807, 2.05) is 6.20 Å². The molecule has 2 aliphatic rings. The van der Waals surface area contributed by atoms with Crippen molar-refractivity contribution in [2.24, 2.45) is 0 Å². The summed E-state index contributed by atoms with van der Waals surface area (Å²) in [5, 5.41) is 10.9. The van der Waals surface area contributed by atoms with E-state index < -0.39 is 0 Å². The molecular formula is C19H25N3O. The van der Waals surface area contributed by atoms with Gasteiger partial charge in [-0.15, -0.1) is 0 Å². The zero-order chi connectivity index (χ0) is 15.7. The summed E-state index contributed by atoms with van der Waals surface area (Å²) in [5.41, 5.74) is 3.95. The van der Waals surface area contributed by atoms with Gasteiger partial charge < -0.3 is 10.1 Å². The lowest BCUT2D eigenvalue weighted by molar-refractivity contribution is -0.0368. The van der Waals surface area contributed by atoms with E-state index in [0.717, 1.165) is 31.6 Å². The van der Waals surface area contributed by atoms with E-state index in [2.05, 4.69) is 46.7 Å². The predicted molar refractivity (Wildman–Crippen MR) is 90.7 cm³/mol. The first kappa shape index (κ1) is 14.8. The maximum absolute atomic E-state index is 6.31. The van der Waals surface area contributed by atoms with Gasteiger partial charge in [0.1, 0.15) is 11.4 Å². The van der Waals surface area contributed by atoms with Crippen molar-refractivity contribution in [2.45, 2.75) is 57.1 Å². The van der Waals surface area contributed by atoms with Gasteiger partial charge in [-0.25, -0.2) is 0 Å². The van der Waals surface area contributed by atoms with Crippen LogP contribution in [0, 0.1) is 6.92 Å². The fourth-order valence-corrected chi connectivity index (χ4v) is 3.86. The second kappa shape index (κ2) is 6.00. The van der Waals surface area contributed by atoms with Crippen LogP contribution in [0.3, 0.4) is 0 Å². The van der Waals surface area contributed by atoms with Gasteiger partial charge in [0.15, 0.2) is 0 Å². The summed E-state index contributed by atoms with van der Waals surface area (Å²) < 4.78 is 6.31. The van der Waals surface area contributed by atoms with Gasteiger partial charge in [0.05, 0.1) is 6.20 Å². The monoisotopic (exact) mass is 311 g/mol. The van der Waals surface area contributed by atoms with Crippen molar-refractivity contribution < 1.29 is 4.74 Å². The average Bonchev–Trinajstić information content (AvgIpc) is 2.95. The number of hydrogen-bond acceptors (Lipinski definition) is 3. The maximum atomic E-state index is 6.31. The van der Waals surface area contributed by atoms with Crippen molar-refractivity contribution in [2.75, 3.05) is 6.54 Å². The summed E-state index contributed by atoms with van der Waals surface area (Å²) in [5.74, 6) is 1.08. The number of para-hydroxylation sites is 1. The zero-order valence-corrected chi connectivity index (χ0v) is 13.8. The molecule has 1 saturated carbocycles. The summed E-state index contributed by atoms with van der Waals surface area (Å²) in [7, 11) is 0. The number of aromatic amines is 1. The van der Waals surface area contributed by atoms with Crippen molar-refractivity contribution in [1.82, 2.24) is 15.5 Å². The highest BCUT2D eigenvalue weighted by atomic mass is 16.5. The first-order valence-corrected chi connectivity index (χ1v) is 8.76. The highest BCUT2D eigenvalue weighted by Crippen LogP contribution is 2.48. The third-order valence-corrected chi connectivity index (χ3v) is 5.41. The number of nitrogens with one attached hydrogen (secondary N) is 2. The van der Waals surface area contributed by atoms with Crippen LogP contribution in [0.25, 0.3) is 0 Å². The molecule has 1 aromatic carbocycles. The molecule has 122 valence electrons. The molecule has 0 amide bonds. The molecule has 1 aliphatic carbocycles. The minimum absolute atomic E-state index is 0.104. The molecule has 2 heterocycles. The first-order chi connectivity index (χ1) is 11.3. The summed E-state index contributed by atoms with van der Waals surface area (Å²) in [4.78, 5) is 0.